The third-order valence-corrected chi connectivity index (χ3v) is 4.08. The van der Waals surface area contributed by atoms with Crippen LogP contribution in [0.5, 0.6) is 0 Å². The minimum Gasteiger partial charge on any atom is -0.455 e. The van der Waals surface area contributed by atoms with Crippen LogP contribution in [0.15, 0.2) is 47.6 Å². The molecule has 2 aromatic heterocycles. The van der Waals surface area contributed by atoms with Gasteiger partial charge in [0, 0.05) is 6.20 Å². The number of aryl methyl sites for hydroxylation is 1. The van der Waals surface area contributed by atoms with E-state index < -0.39 is 5.97 Å². The van der Waals surface area contributed by atoms with Gasteiger partial charge in [-0.2, -0.15) is 0 Å². The van der Waals surface area contributed by atoms with Crippen molar-refractivity contribution in [2.75, 3.05) is 6.26 Å². The van der Waals surface area contributed by atoms with Gasteiger partial charge in [-0.15, -0.1) is 11.8 Å². The molecule has 0 atom stereocenters. The van der Waals surface area contributed by atoms with Crippen LogP contribution in [0.2, 0.25) is 0 Å². The van der Waals surface area contributed by atoms with Crippen molar-refractivity contribution in [3.05, 3.63) is 59.5 Å². The summed E-state index contributed by atoms with van der Waals surface area (Å²) in [6.07, 6.45) is 3.53. The van der Waals surface area contributed by atoms with Crippen LogP contribution in [0.1, 0.15) is 21.7 Å². The van der Waals surface area contributed by atoms with E-state index in [1.54, 1.807) is 18.3 Å². The van der Waals surface area contributed by atoms with Crippen LogP contribution in [0.3, 0.4) is 0 Å². The van der Waals surface area contributed by atoms with E-state index in [0.717, 1.165) is 16.7 Å². The Morgan fingerprint density at radius 1 is 1.13 bits per heavy atom. The Bertz CT molecular complexity index is 867. The molecule has 3 rings (SSSR count). The van der Waals surface area contributed by atoms with Crippen molar-refractivity contribution in [3.8, 4) is 0 Å². The summed E-state index contributed by atoms with van der Waals surface area (Å²) in [5, 5.41) is 0.652. The van der Waals surface area contributed by atoms with Crippen LogP contribution >= 0.6 is 11.8 Å². The van der Waals surface area contributed by atoms with Gasteiger partial charge >= 0.3 is 5.97 Å². The Balaban J connectivity index is 1.80. The third kappa shape index (κ3) is 3.32. The maximum atomic E-state index is 12.2. The summed E-state index contributed by atoms with van der Waals surface area (Å²) in [6, 6.07) is 11.0. The monoisotopic (exact) mass is 325 g/mol. The maximum Gasteiger partial charge on any atom is 0.341 e. The lowest BCUT2D eigenvalue weighted by Gasteiger charge is -2.09. The Morgan fingerprint density at radius 2 is 1.87 bits per heavy atom. The average molecular weight is 325 g/mol. The minimum absolute atomic E-state index is 0.0885. The van der Waals surface area contributed by atoms with Gasteiger partial charge in [0.2, 0.25) is 0 Å². The molecule has 0 aliphatic rings. The van der Waals surface area contributed by atoms with Gasteiger partial charge in [0.05, 0.1) is 28.0 Å². The van der Waals surface area contributed by atoms with Crippen LogP contribution in [0.4, 0.5) is 0 Å². The van der Waals surface area contributed by atoms with Crippen molar-refractivity contribution >= 4 is 28.8 Å². The quantitative estimate of drug-likeness (QED) is 0.541. The van der Waals surface area contributed by atoms with E-state index in [9.17, 15) is 4.79 Å². The fourth-order valence-corrected chi connectivity index (χ4v) is 2.72. The van der Waals surface area contributed by atoms with E-state index in [0.29, 0.717) is 16.3 Å². The third-order valence-electron chi connectivity index (χ3n) is 3.37. The molecular formula is C17H15N3O2S. The molecule has 6 heteroatoms. The number of rotatable bonds is 4. The highest BCUT2D eigenvalue weighted by Crippen LogP contribution is 2.19. The predicted octanol–water partition coefficient (Wildman–Crippen LogP) is 3.41. The van der Waals surface area contributed by atoms with E-state index in [4.69, 9.17) is 4.74 Å². The van der Waals surface area contributed by atoms with Crippen LogP contribution in [0, 0.1) is 6.92 Å². The first kappa shape index (κ1) is 15.4. The lowest BCUT2D eigenvalue weighted by Crippen LogP contribution is -2.09. The largest absolute Gasteiger partial charge is 0.455 e. The fraction of sp³-hybridized carbons (Fsp3) is 0.176. The number of pyridine rings is 1. The molecule has 1 aromatic carbocycles. The van der Waals surface area contributed by atoms with Crippen LogP contribution in [-0.2, 0) is 11.3 Å². The molecule has 3 aromatic rings. The van der Waals surface area contributed by atoms with E-state index >= 15 is 0 Å². The SMILES string of the molecule is CSc1ncccc1C(=O)OCc1nc2ccccc2nc1C. The molecule has 0 amide bonds. The number of fused-ring (bicyclic) bond motifs is 1. The molecule has 0 fully saturated rings. The Morgan fingerprint density at radius 3 is 2.61 bits per heavy atom. The second kappa shape index (κ2) is 6.75. The van der Waals surface area contributed by atoms with E-state index in [-0.39, 0.29) is 6.61 Å². The number of hydrogen-bond donors (Lipinski definition) is 0. The van der Waals surface area contributed by atoms with E-state index in [1.807, 2.05) is 37.4 Å². The second-order valence-electron chi connectivity index (χ2n) is 4.88. The summed E-state index contributed by atoms with van der Waals surface area (Å²) in [7, 11) is 0. The number of thioether (sulfide) groups is 1. The molecule has 0 unspecified atom stereocenters. The molecule has 0 bridgehead atoms. The van der Waals surface area contributed by atoms with Gasteiger partial charge in [0.25, 0.3) is 0 Å². The van der Waals surface area contributed by atoms with Gasteiger partial charge < -0.3 is 4.74 Å². The number of benzene rings is 1. The van der Waals surface area contributed by atoms with Gasteiger partial charge in [-0.25, -0.2) is 19.7 Å². The summed E-state index contributed by atoms with van der Waals surface area (Å²) in [5.74, 6) is -0.406. The number of esters is 1. The molecule has 2 heterocycles. The second-order valence-corrected chi connectivity index (χ2v) is 5.68. The molecule has 23 heavy (non-hydrogen) atoms. The zero-order valence-electron chi connectivity index (χ0n) is 12.8. The summed E-state index contributed by atoms with van der Waals surface area (Å²) in [4.78, 5) is 25.4. The first-order valence-corrected chi connectivity index (χ1v) is 8.30. The summed E-state index contributed by atoms with van der Waals surface area (Å²) in [6.45, 7) is 1.95. The van der Waals surface area contributed by atoms with Gasteiger partial charge in [-0.3, -0.25) is 0 Å². The maximum absolute atomic E-state index is 12.2. The number of carbonyl (C=O) groups is 1. The molecule has 116 valence electrons. The minimum atomic E-state index is -0.406. The molecular weight excluding hydrogens is 310 g/mol. The first-order chi connectivity index (χ1) is 11.2. The van der Waals surface area contributed by atoms with Crippen LogP contribution < -0.4 is 0 Å². The van der Waals surface area contributed by atoms with Crippen molar-refractivity contribution in [1.82, 2.24) is 15.0 Å². The van der Waals surface area contributed by atoms with E-state index in [2.05, 4.69) is 15.0 Å². The van der Waals surface area contributed by atoms with Crippen LogP contribution in [-0.4, -0.2) is 27.2 Å². The molecule has 0 radical (unpaired) electrons. The van der Waals surface area contributed by atoms with Crippen LogP contribution in [0.25, 0.3) is 11.0 Å². The Labute approximate surface area is 138 Å². The summed E-state index contributed by atoms with van der Waals surface area (Å²) < 4.78 is 5.39. The molecule has 0 aliphatic carbocycles. The topological polar surface area (TPSA) is 65.0 Å². The molecule has 0 saturated carbocycles. The lowest BCUT2D eigenvalue weighted by atomic mass is 10.2. The molecule has 0 aliphatic heterocycles. The summed E-state index contributed by atoms with van der Waals surface area (Å²) in [5.41, 5.74) is 3.50. The van der Waals surface area contributed by atoms with Gasteiger partial charge in [-0.05, 0) is 37.4 Å². The van der Waals surface area contributed by atoms with Gasteiger partial charge in [0.15, 0.2) is 0 Å². The van der Waals surface area contributed by atoms with Crippen molar-refractivity contribution in [3.63, 3.8) is 0 Å². The molecule has 0 spiro atoms. The van der Waals surface area contributed by atoms with Crippen molar-refractivity contribution in [2.45, 2.75) is 18.6 Å². The zero-order valence-corrected chi connectivity index (χ0v) is 13.6. The first-order valence-electron chi connectivity index (χ1n) is 7.07. The zero-order chi connectivity index (χ0) is 16.2. The lowest BCUT2D eigenvalue weighted by molar-refractivity contribution is 0.0462. The molecule has 0 N–H and O–H groups in total. The number of carbonyl (C=O) groups excluding carboxylic acids is 1. The average Bonchev–Trinajstić information content (AvgIpc) is 2.59. The van der Waals surface area contributed by atoms with Crippen molar-refractivity contribution < 1.29 is 9.53 Å². The number of aromatic nitrogens is 3. The highest BCUT2D eigenvalue weighted by molar-refractivity contribution is 7.98. The van der Waals surface area contributed by atoms with Crippen molar-refractivity contribution in [1.29, 1.82) is 0 Å². The number of hydrogen-bond acceptors (Lipinski definition) is 6. The smallest absolute Gasteiger partial charge is 0.341 e. The normalized spacial score (nSPS) is 10.7. The number of nitrogens with zero attached hydrogens (tertiary/aromatic N) is 3. The number of ether oxygens (including phenoxy) is 1. The van der Waals surface area contributed by atoms with Gasteiger partial charge in [0.1, 0.15) is 11.6 Å². The van der Waals surface area contributed by atoms with Gasteiger partial charge in [-0.1, -0.05) is 12.1 Å². The Kier molecular flexibility index (Phi) is 4.52. The van der Waals surface area contributed by atoms with Crippen molar-refractivity contribution in [2.24, 2.45) is 0 Å². The highest BCUT2D eigenvalue weighted by atomic mass is 32.2. The highest BCUT2D eigenvalue weighted by Gasteiger charge is 2.14. The fourth-order valence-electron chi connectivity index (χ4n) is 2.18. The number of para-hydroxylation sites is 2. The molecule has 0 saturated heterocycles. The Hall–Kier alpha value is -2.47. The standard InChI is InChI=1S/C17H15N3O2S/c1-11-15(20-14-8-4-3-7-13(14)19-11)10-22-17(21)12-6-5-9-18-16(12)23-2/h3-9H,10H2,1-2H3. The molecule has 5 nitrogen and oxygen atoms in total. The predicted molar refractivity (Wildman–Crippen MR) is 89.4 cm³/mol. The summed E-state index contributed by atoms with van der Waals surface area (Å²) >= 11 is 1.41. The van der Waals surface area contributed by atoms with E-state index in [1.165, 1.54) is 11.8 Å².